The average molecular weight is 337 g/mol. The van der Waals surface area contributed by atoms with E-state index < -0.39 is 17.8 Å². The standard InChI is InChI=1S/C20H19NO4/c1-11-2-9-16(25-11)12-5-7-15(8-6-12)21-19(22)17-13-3-4-14(10-13)18(17)20(23)24/h2-9,13-14,17-18H,10H2,1H3,(H,21,22)(H,23,24)/t13-,14+,17-,18+/m0/s1. The van der Waals surface area contributed by atoms with Crippen LogP contribution < -0.4 is 5.32 Å². The quantitative estimate of drug-likeness (QED) is 0.834. The van der Waals surface area contributed by atoms with Crippen LogP contribution in [0.15, 0.2) is 53.0 Å². The second kappa shape index (κ2) is 5.92. The summed E-state index contributed by atoms with van der Waals surface area (Å²) in [4.78, 5) is 24.2. The summed E-state index contributed by atoms with van der Waals surface area (Å²) in [7, 11) is 0. The maximum absolute atomic E-state index is 12.7. The summed E-state index contributed by atoms with van der Waals surface area (Å²) in [6.45, 7) is 1.89. The maximum Gasteiger partial charge on any atom is 0.307 e. The van der Waals surface area contributed by atoms with Gasteiger partial charge in [-0.15, -0.1) is 0 Å². The van der Waals surface area contributed by atoms with Crippen LogP contribution in [-0.2, 0) is 9.59 Å². The number of hydrogen-bond donors (Lipinski definition) is 2. The third-order valence-corrected chi connectivity index (χ3v) is 5.22. The van der Waals surface area contributed by atoms with Crippen molar-refractivity contribution in [3.05, 3.63) is 54.3 Å². The lowest BCUT2D eigenvalue weighted by Gasteiger charge is -2.23. The Morgan fingerprint density at radius 1 is 1.04 bits per heavy atom. The molecule has 1 heterocycles. The van der Waals surface area contributed by atoms with E-state index >= 15 is 0 Å². The van der Waals surface area contributed by atoms with E-state index in [1.165, 1.54) is 0 Å². The predicted molar refractivity (Wildman–Crippen MR) is 92.9 cm³/mol. The van der Waals surface area contributed by atoms with Crippen LogP contribution >= 0.6 is 0 Å². The van der Waals surface area contributed by atoms with Crippen LogP contribution in [0.2, 0.25) is 0 Å². The molecule has 0 spiro atoms. The molecule has 1 aromatic carbocycles. The van der Waals surface area contributed by atoms with Crippen molar-refractivity contribution in [1.29, 1.82) is 0 Å². The lowest BCUT2D eigenvalue weighted by molar-refractivity contribution is -0.146. The van der Waals surface area contributed by atoms with E-state index in [1.54, 1.807) is 0 Å². The van der Waals surface area contributed by atoms with Gasteiger partial charge in [0.15, 0.2) is 0 Å². The summed E-state index contributed by atoms with van der Waals surface area (Å²) in [6.07, 6.45) is 4.68. The topological polar surface area (TPSA) is 79.5 Å². The maximum atomic E-state index is 12.7. The summed E-state index contributed by atoms with van der Waals surface area (Å²) in [5.74, 6) is -0.609. The molecule has 2 aliphatic carbocycles. The molecule has 0 aliphatic heterocycles. The van der Waals surface area contributed by atoms with Crippen molar-refractivity contribution in [3.63, 3.8) is 0 Å². The molecule has 4 rings (SSSR count). The number of carbonyl (C=O) groups is 2. The number of anilines is 1. The molecule has 1 aromatic heterocycles. The van der Waals surface area contributed by atoms with Crippen molar-refractivity contribution in [2.45, 2.75) is 13.3 Å². The van der Waals surface area contributed by atoms with E-state index in [0.717, 1.165) is 23.5 Å². The molecule has 5 nitrogen and oxygen atoms in total. The number of allylic oxidation sites excluding steroid dienone is 2. The molecule has 0 radical (unpaired) electrons. The molecule has 1 amide bonds. The summed E-state index contributed by atoms with van der Waals surface area (Å²) in [5, 5.41) is 12.3. The average Bonchev–Trinajstić information content (AvgIpc) is 3.30. The number of benzene rings is 1. The minimum Gasteiger partial charge on any atom is -0.481 e. The molecule has 5 heteroatoms. The van der Waals surface area contributed by atoms with E-state index in [-0.39, 0.29) is 17.7 Å². The fraction of sp³-hybridized carbons (Fsp3) is 0.300. The van der Waals surface area contributed by atoms with Crippen LogP contribution in [0.1, 0.15) is 12.2 Å². The number of carboxylic acids is 1. The Balaban J connectivity index is 1.49. The van der Waals surface area contributed by atoms with Gasteiger partial charge in [0.1, 0.15) is 11.5 Å². The third kappa shape index (κ3) is 2.76. The Labute approximate surface area is 145 Å². The molecular formula is C20H19NO4. The van der Waals surface area contributed by atoms with Gasteiger partial charge in [-0.05, 0) is 61.6 Å². The van der Waals surface area contributed by atoms with Gasteiger partial charge < -0.3 is 14.8 Å². The van der Waals surface area contributed by atoms with Gasteiger partial charge in [-0.25, -0.2) is 0 Å². The van der Waals surface area contributed by atoms with Gasteiger partial charge in [0.2, 0.25) is 5.91 Å². The van der Waals surface area contributed by atoms with Gasteiger partial charge in [0, 0.05) is 11.3 Å². The van der Waals surface area contributed by atoms with Crippen molar-refractivity contribution in [2.75, 3.05) is 5.32 Å². The highest BCUT2D eigenvalue weighted by Crippen LogP contribution is 2.48. The van der Waals surface area contributed by atoms with Crippen molar-refractivity contribution in [1.82, 2.24) is 0 Å². The van der Waals surface area contributed by atoms with Gasteiger partial charge in [0.25, 0.3) is 0 Å². The Hall–Kier alpha value is -2.82. The number of hydrogen-bond acceptors (Lipinski definition) is 3. The van der Waals surface area contributed by atoms with Crippen LogP contribution in [0.3, 0.4) is 0 Å². The largest absolute Gasteiger partial charge is 0.481 e. The molecule has 2 bridgehead atoms. The highest BCUT2D eigenvalue weighted by atomic mass is 16.4. The summed E-state index contributed by atoms with van der Waals surface area (Å²) in [5.41, 5.74) is 1.59. The Morgan fingerprint density at radius 2 is 1.72 bits per heavy atom. The van der Waals surface area contributed by atoms with E-state index in [1.807, 2.05) is 55.5 Å². The van der Waals surface area contributed by atoms with Crippen molar-refractivity contribution >= 4 is 17.6 Å². The van der Waals surface area contributed by atoms with Gasteiger partial charge >= 0.3 is 5.97 Å². The minimum absolute atomic E-state index is 0.0245. The number of aryl methyl sites for hydroxylation is 1. The number of nitrogens with one attached hydrogen (secondary N) is 1. The molecule has 128 valence electrons. The Morgan fingerprint density at radius 3 is 2.32 bits per heavy atom. The number of fused-ring (bicyclic) bond motifs is 2. The SMILES string of the molecule is Cc1ccc(-c2ccc(NC(=O)[C@@H]3[C@H](C(=O)O)[C@@H]4C=C[C@H]3C4)cc2)o1. The molecule has 1 saturated carbocycles. The smallest absolute Gasteiger partial charge is 0.307 e. The second-order valence-electron chi connectivity index (χ2n) is 6.82. The summed E-state index contributed by atoms with van der Waals surface area (Å²) < 4.78 is 5.59. The van der Waals surface area contributed by atoms with Crippen LogP contribution in [0.25, 0.3) is 11.3 Å². The normalized spacial score (nSPS) is 26.8. The van der Waals surface area contributed by atoms with Crippen LogP contribution in [0, 0.1) is 30.6 Å². The van der Waals surface area contributed by atoms with Crippen molar-refractivity contribution in [2.24, 2.45) is 23.7 Å². The van der Waals surface area contributed by atoms with Gasteiger partial charge in [0.05, 0.1) is 11.8 Å². The zero-order chi connectivity index (χ0) is 17.6. The lowest BCUT2D eigenvalue weighted by Crippen LogP contribution is -2.36. The first kappa shape index (κ1) is 15.7. The van der Waals surface area contributed by atoms with E-state index in [0.29, 0.717) is 5.69 Å². The van der Waals surface area contributed by atoms with Crippen molar-refractivity contribution < 1.29 is 19.1 Å². The molecule has 2 N–H and O–H groups in total. The summed E-state index contributed by atoms with van der Waals surface area (Å²) >= 11 is 0. The number of amides is 1. The second-order valence-corrected chi connectivity index (χ2v) is 6.82. The number of carbonyl (C=O) groups excluding carboxylic acids is 1. The monoisotopic (exact) mass is 337 g/mol. The number of aliphatic carboxylic acids is 1. The predicted octanol–water partition coefficient (Wildman–Crippen LogP) is 3.72. The lowest BCUT2D eigenvalue weighted by atomic mass is 9.82. The first-order chi connectivity index (χ1) is 12.0. The zero-order valence-corrected chi connectivity index (χ0v) is 13.8. The first-order valence-electron chi connectivity index (χ1n) is 8.42. The third-order valence-electron chi connectivity index (χ3n) is 5.22. The van der Waals surface area contributed by atoms with Crippen LogP contribution in [0.5, 0.6) is 0 Å². The van der Waals surface area contributed by atoms with Gasteiger partial charge in [-0.3, -0.25) is 9.59 Å². The van der Waals surface area contributed by atoms with Crippen molar-refractivity contribution in [3.8, 4) is 11.3 Å². The molecule has 2 aliphatic rings. The van der Waals surface area contributed by atoms with E-state index in [9.17, 15) is 14.7 Å². The molecule has 0 saturated heterocycles. The minimum atomic E-state index is -0.888. The Bertz CT molecular complexity index is 849. The van der Waals surface area contributed by atoms with E-state index in [4.69, 9.17) is 4.42 Å². The van der Waals surface area contributed by atoms with Crippen LogP contribution in [-0.4, -0.2) is 17.0 Å². The van der Waals surface area contributed by atoms with Gasteiger partial charge in [-0.2, -0.15) is 0 Å². The highest BCUT2D eigenvalue weighted by Gasteiger charge is 2.51. The first-order valence-corrected chi connectivity index (χ1v) is 8.42. The number of furan rings is 1. The van der Waals surface area contributed by atoms with E-state index in [2.05, 4.69) is 5.32 Å². The summed E-state index contributed by atoms with van der Waals surface area (Å²) in [6, 6.07) is 11.2. The fourth-order valence-corrected chi connectivity index (χ4v) is 4.05. The number of rotatable bonds is 4. The highest BCUT2D eigenvalue weighted by molar-refractivity contribution is 5.96. The molecule has 1 fully saturated rings. The number of carboxylic acid groups (broad SMARTS) is 1. The Kier molecular flexibility index (Phi) is 3.71. The van der Waals surface area contributed by atoms with Crippen LogP contribution in [0.4, 0.5) is 5.69 Å². The molecule has 2 aromatic rings. The van der Waals surface area contributed by atoms with Gasteiger partial charge in [-0.1, -0.05) is 12.2 Å². The fourth-order valence-electron chi connectivity index (χ4n) is 4.05. The zero-order valence-electron chi connectivity index (χ0n) is 13.8. The molecular weight excluding hydrogens is 318 g/mol. The molecule has 4 atom stereocenters. The molecule has 25 heavy (non-hydrogen) atoms. The molecule has 0 unspecified atom stereocenters.